The van der Waals surface area contributed by atoms with Crippen molar-refractivity contribution in [2.24, 2.45) is 17.6 Å². The number of nitrogen functional groups attached to an aromatic ring is 2. The lowest BCUT2D eigenvalue weighted by Crippen LogP contribution is -2.44. The molecule has 0 unspecified atom stereocenters. The van der Waals surface area contributed by atoms with E-state index in [4.69, 9.17) is 33.9 Å². The summed E-state index contributed by atoms with van der Waals surface area (Å²) in [6, 6.07) is 23.8. The fourth-order valence-corrected chi connectivity index (χ4v) is 10.6. The number of aliphatic hydroxyl groups excluding tert-OH is 2. The lowest BCUT2D eigenvalue weighted by molar-refractivity contribution is -0.384. The molecule has 2 saturated heterocycles. The zero-order valence-electron chi connectivity index (χ0n) is 45.2. The molecule has 0 aliphatic carbocycles. The first-order chi connectivity index (χ1) is 37.6. The van der Waals surface area contributed by atoms with Gasteiger partial charge in [0.05, 0.1) is 23.1 Å². The van der Waals surface area contributed by atoms with Gasteiger partial charge in [0.15, 0.2) is 10.3 Å². The second-order valence-corrected chi connectivity index (χ2v) is 22.6. The van der Waals surface area contributed by atoms with Gasteiger partial charge in [-0.25, -0.2) is 9.97 Å². The van der Waals surface area contributed by atoms with Crippen LogP contribution in [0.5, 0.6) is 0 Å². The molecule has 2 aromatic heterocycles. The Hall–Kier alpha value is -7.03. The van der Waals surface area contributed by atoms with Crippen LogP contribution < -0.4 is 43.0 Å². The number of nitro benzene ring substituents is 2. The summed E-state index contributed by atoms with van der Waals surface area (Å²) in [4.78, 5) is 66.1. The molecular weight excluding hydrogens is 1070 g/mol. The summed E-state index contributed by atoms with van der Waals surface area (Å²) in [5.74, 6) is 0.119. The van der Waals surface area contributed by atoms with E-state index < -0.39 is 21.4 Å². The predicted octanol–water partition coefficient (Wildman–Crippen LogP) is 8.54. The van der Waals surface area contributed by atoms with Crippen LogP contribution in [0.25, 0.3) is 0 Å². The van der Waals surface area contributed by atoms with Crippen LogP contribution >= 0.6 is 34.3 Å². The normalized spacial score (nSPS) is 14.6. The number of likely N-dealkylation sites (N-methyl/N-ethyl adjacent to an activating group) is 2. The Morgan fingerprint density at radius 1 is 0.646 bits per heavy atom. The number of carbonyl (C=O) groups excluding carboxylic acids is 2. The molecule has 2 aliphatic heterocycles. The van der Waals surface area contributed by atoms with Crippen molar-refractivity contribution in [3.8, 4) is 0 Å². The van der Waals surface area contributed by atoms with Crippen molar-refractivity contribution in [3.63, 3.8) is 0 Å². The number of halogens is 1. The smallest absolute Gasteiger partial charge is 0.293 e. The first-order valence-corrected chi connectivity index (χ1v) is 27.8. The number of nitrogens with zero attached hydrogens (tertiary/aromatic N) is 8. The van der Waals surface area contributed by atoms with Crippen molar-refractivity contribution < 1.29 is 29.6 Å². The third kappa shape index (κ3) is 17.5. The molecule has 2 aliphatic rings. The van der Waals surface area contributed by atoms with E-state index in [9.17, 15) is 34.9 Å². The molecule has 2 atom stereocenters. The summed E-state index contributed by atoms with van der Waals surface area (Å²) in [7, 11) is 4.25. The lowest BCUT2D eigenvalue weighted by atomic mass is 10.0. The van der Waals surface area contributed by atoms with E-state index >= 15 is 0 Å². The number of ketones is 2. The van der Waals surface area contributed by atoms with Crippen LogP contribution in [-0.2, 0) is 0 Å². The zero-order chi connectivity index (χ0) is 57.5. The number of nitro groups is 2. The van der Waals surface area contributed by atoms with Crippen molar-refractivity contribution in [1.82, 2.24) is 19.8 Å². The number of aromatic nitrogens is 2. The maximum atomic E-state index is 13.3. The predicted molar refractivity (Wildman–Crippen MR) is 318 cm³/mol. The molecule has 424 valence electrons. The van der Waals surface area contributed by atoms with E-state index in [0.29, 0.717) is 28.5 Å². The summed E-state index contributed by atoms with van der Waals surface area (Å²) in [5.41, 5.74) is 21.3. The van der Waals surface area contributed by atoms with Gasteiger partial charge >= 0.3 is 0 Å². The minimum absolute atomic E-state index is 0.0185. The Bertz CT molecular complexity index is 3000. The second-order valence-electron chi connectivity index (χ2n) is 20.2. The van der Waals surface area contributed by atoms with Crippen LogP contribution in [0.3, 0.4) is 0 Å². The van der Waals surface area contributed by atoms with E-state index in [2.05, 4.69) is 73.5 Å². The van der Waals surface area contributed by atoms with Crippen LogP contribution in [0, 0.1) is 32.1 Å². The fraction of sp³-hybridized carbons (Fsp3) is 0.407. The van der Waals surface area contributed by atoms with Gasteiger partial charge in [-0.15, -0.1) is 0 Å². The average Bonchev–Trinajstić information content (AvgIpc) is 3.98. The second kappa shape index (κ2) is 28.7. The minimum atomic E-state index is -0.631. The average molecular weight is 1140 g/mol. The van der Waals surface area contributed by atoms with Crippen molar-refractivity contribution in [2.75, 3.05) is 117 Å². The number of nitrogens with two attached hydrogens (primary N) is 3. The molecule has 0 spiro atoms. The SMILES string of the molecule is CC(C)C[C@@H](N)CO.CC(C)C[C@H](CO)Nc1ccc(C(=O)c2sc(Nc3ccc(N4CCN(C)CC4)cc3)nc2N)cc1[N+](=O)[O-].CN1CCN(c2ccc(Nc3nc(N)c(C(=O)c4ccc(Cl)c([N+](=O)[O-])c4)s3)cc2)CC1. The molecular formula is C54H71ClN14O8S2. The highest BCUT2D eigenvalue weighted by Gasteiger charge is 2.26. The van der Waals surface area contributed by atoms with Crippen molar-refractivity contribution >= 4 is 108 Å². The number of hydrogen-bond donors (Lipinski definition) is 8. The van der Waals surface area contributed by atoms with E-state index in [-0.39, 0.29) is 79.9 Å². The maximum absolute atomic E-state index is 13.3. The quantitative estimate of drug-likeness (QED) is 0.0202. The first kappa shape index (κ1) is 61.2. The number of anilines is 9. The Morgan fingerprint density at radius 3 is 1.44 bits per heavy atom. The Kier molecular flexibility index (Phi) is 22.3. The summed E-state index contributed by atoms with van der Waals surface area (Å²) < 4.78 is 0. The van der Waals surface area contributed by atoms with Crippen LogP contribution in [0.15, 0.2) is 84.9 Å². The first-order valence-electron chi connectivity index (χ1n) is 25.8. The number of thiazole rings is 2. The highest BCUT2D eigenvalue weighted by atomic mass is 35.5. The van der Waals surface area contributed by atoms with Crippen molar-refractivity contribution in [1.29, 1.82) is 0 Å². The van der Waals surface area contributed by atoms with Gasteiger partial charge in [-0.3, -0.25) is 29.8 Å². The van der Waals surface area contributed by atoms with Gasteiger partial charge < -0.3 is 63.0 Å². The molecule has 11 N–H and O–H groups in total. The van der Waals surface area contributed by atoms with Crippen molar-refractivity contribution in [3.05, 3.63) is 131 Å². The minimum Gasteiger partial charge on any atom is -0.395 e. The Morgan fingerprint density at radius 2 is 1.06 bits per heavy atom. The van der Waals surface area contributed by atoms with E-state index in [1.54, 1.807) is 0 Å². The van der Waals surface area contributed by atoms with E-state index in [1.165, 1.54) is 30.3 Å². The maximum Gasteiger partial charge on any atom is 0.293 e. The number of aliphatic hydroxyl groups is 2. The van der Waals surface area contributed by atoms with Gasteiger partial charge in [-0.1, -0.05) is 62.0 Å². The summed E-state index contributed by atoms with van der Waals surface area (Å²) >= 11 is 8.02. The van der Waals surface area contributed by atoms with Gasteiger partial charge in [0.25, 0.3) is 11.4 Å². The van der Waals surface area contributed by atoms with Crippen molar-refractivity contribution in [2.45, 2.75) is 52.6 Å². The fourth-order valence-electron chi connectivity index (χ4n) is 8.63. The van der Waals surface area contributed by atoms with Crippen LogP contribution in [0.1, 0.15) is 71.0 Å². The largest absolute Gasteiger partial charge is 0.395 e. The molecule has 2 fully saturated rings. The van der Waals surface area contributed by atoms with Crippen LogP contribution in [0.2, 0.25) is 5.02 Å². The van der Waals surface area contributed by atoms with Crippen LogP contribution in [0.4, 0.5) is 61.7 Å². The van der Waals surface area contributed by atoms with Crippen LogP contribution in [-0.4, -0.2) is 143 Å². The number of rotatable bonds is 20. The van der Waals surface area contributed by atoms with Gasteiger partial charge in [0.2, 0.25) is 11.6 Å². The highest BCUT2D eigenvalue weighted by molar-refractivity contribution is 7.18. The van der Waals surface area contributed by atoms with Gasteiger partial charge in [0.1, 0.15) is 32.1 Å². The summed E-state index contributed by atoms with van der Waals surface area (Å²) in [5, 5.41) is 51.3. The molecule has 0 radical (unpaired) electrons. The van der Waals surface area contributed by atoms with Gasteiger partial charge in [-0.2, -0.15) is 0 Å². The topological polar surface area (TPSA) is 314 Å². The molecule has 0 saturated carbocycles. The molecule has 6 aromatic rings. The number of nitrogens with one attached hydrogen (secondary N) is 3. The van der Waals surface area contributed by atoms with Gasteiger partial charge in [-0.05, 0) is 112 Å². The van der Waals surface area contributed by atoms with E-state index in [1.807, 2.05) is 62.4 Å². The van der Waals surface area contributed by atoms with Gasteiger partial charge in [0, 0.05) is 110 Å². The Labute approximate surface area is 472 Å². The summed E-state index contributed by atoms with van der Waals surface area (Å²) in [6.07, 6.45) is 1.55. The highest BCUT2D eigenvalue weighted by Crippen LogP contribution is 2.35. The lowest BCUT2D eigenvalue weighted by Gasteiger charge is -2.34. The Balaban J connectivity index is 0.000000227. The zero-order valence-corrected chi connectivity index (χ0v) is 47.6. The molecule has 8 rings (SSSR count). The number of benzene rings is 4. The third-order valence-corrected chi connectivity index (χ3v) is 15.2. The molecule has 4 aromatic carbocycles. The molecule has 79 heavy (non-hydrogen) atoms. The molecule has 4 heterocycles. The monoisotopic (exact) mass is 1140 g/mol. The molecule has 25 heteroatoms. The molecule has 22 nitrogen and oxygen atoms in total. The third-order valence-electron chi connectivity index (χ3n) is 12.9. The standard InChI is InChI=1S/C27H35N7O4S.C21H21ClN6O3S.C6H15NO/c1-17(2)14-20(16-35)29-22-9-4-18(15-23(22)34(37)38)24(36)25-26(28)31-27(39-25)30-19-5-7-21(8-6-19)33-12-10-32(3)11-13-33;1-26-8-10-27(11-9-26)15-5-3-14(4-6-15)24-21-25-20(23)19(32-21)18(29)13-2-7-16(22)17(12-13)28(30)31;1-5(2)3-6(7)4-8/h4-9,15,17,20,29,35H,10-14,16,28H2,1-3H3,(H,30,31);2-7,12H,8-11,23H2,1H3,(H,24,25);5-6,8H,3-4,7H2,1-2H3/t20-;;6-/m1.1/s1. The number of hydrogen-bond acceptors (Lipinski definition) is 22. The molecule has 0 amide bonds. The number of piperazine rings is 2. The number of carbonyl (C=O) groups is 2. The molecule has 0 bridgehead atoms. The van der Waals surface area contributed by atoms with E-state index in [0.717, 1.165) is 110 Å². The summed E-state index contributed by atoms with van der Waals surface area (Å²) in [6.45, 7) is 16.2.